The third-order valence-electron chi connectivity index (χ3n) is 3.80. The highest BCUT2D eigenvalue weighted by Crippen LogP contribution is 2.25. The van der Waals surface area contributed by atoms with E-state index in [2.05, 4.69) is 10.4 Å². The number of carbonyl (C=O) groups is 1. The maximum atomic E-state index is 13.2. The lowest BCUT2D eigenvalue weighted by Gasteiger charge is -2.11. The number of nitrogens with zero attached hydrogens (tertiary/aromatic N) is 2. The standard InChI is InChI=1S/C19H18FN3O2/c1-12-10-13(2)23(22-12)16-7-4-14(5-8-16)19(24)21-17-9-6-15(20)11-18(17)25-3/h4-11H,1-3H3,(H,21,24). The van der Waals surface area contributed by atoms with Gasteiger partial charge in [0.2, 0.25) is 0 Å². The number of benzene rings is 2. The molecule has 0 fully saturated rings. The van der Waals surface area contributed by atoms with Crippen molar-refractivity contribution in [3.05, 3.63) is 71.3 Å². The van der Waals surface area contributed by atoms with E-state index in [-0.39, 0.29) is 11.7 Å². The Bertz CT molecular complexity index is 917. The van der Waals surface area contributed by atoms with Crippen LogP contribution in [-0.4, -0.2) is 22.8 Å². The lowest BCUT2D eigenvalue weighted by Crippen LogP contribution is -2.13. The van der Waals surface area contributed by atoms with E-state index in [0.717, 1.165) is 17.1 Å². The third kappa shape index (κ3) is 3.52. The average molecular weight is 339 g/mol. The predicted molar refractivity (Wildman–Crippen MR) is 93.9 cm³/mol. The van der Waals surface area contributed by atoms with Crippen molar-refractivity contribution in [1.29, 1.82) is 0 Å². The highest BCUT2D eigenvalue weighted by atomic mass is 19.1. The molecule has 0 radical (unpaired) electrons. The molecule has 1 aromatic heterocycles. The van der Waals surface area contributed by atoms with E-state index in [9.17, 15) is 9.18 Å². The summed E-state index contributed by atoms with van der Waals surface area (Å²) in [5, 5.41) is 7.14. The second-order valence-electron chi connectivity index (χ2n) is 5.68. The Morgan fingerprint density at radius 2 is 1.84 bits per heavy atom. The lowest BCUT2D eigenvalue weighted by atomic mass is 10.2. The molecule has 0 aliphatic rings. The zero-order valence-electron chi connectivity index (χ0n) is 14.2. The first-order chi connectivity index (χ1) is 12.0. The van der Waals surface area contributed by atoms with Crippen LogP contribution < -0.4 is 10.1 Å². The van der Waals surface area contributed by atoms with Crippen molar-refractivity contribution in [2.75, 3.05) is 12.4 Å². The Labute approximate surface area is 145 Å². The van der Waals surface area contributed by atoms with Crippen LogP contribution in [0.25, 0.3) is 5.69 Å². The molecule has 0 aliphatic heterocycles. The monoisotopic (exact) mass is 339 g/mol. The number of hydrogen-bond acceptors (Lipinski definition) is 3. The van der Waals surface area contributed by atoms with Gasteiger partial charge in [-0.1, -0.05) is 0 Å². The number of halogens is 1. The van der Waals surface area contributed by atoms with Crippen molar-refractivity contribution in [2.24, 2.45) is 0 Å². The van der Waals surface area contributed by atoms with Gasteiger partial charge < -0.3 is 10.1 Å². The van der Waals surface area contributed by atoms with Crippen LogP contribution in [0.5, 0.6) is 5.75 Å². The molecular weight excluding hydrogens is 321 g/mol. The number of hydrogen-bond donors (Lipinski definition) is 1. The molecule has 3 aromatic rings. The van der Waals surface area contributed by atoms with Crippen LogP contribution in [0.1, 0.15) is 21.7 Å². The first kappa shape index (κ1) is 16.7. The zero-order valence-corrected chi connectivity index (χ0v) is 14.2. The molecule has 25 heavy (non-hydrogen) atoms. The second kappa shape index (κ2) is 6.76. The number of anilines is 1. The fourth-order valence-electron chi connectivity index (χ4n) is 2.61. The van der Waals surface area contributed by atoms with Crippen LogP contribution >= 0.6 is 0 Å². The molecule has 1 heterocycles. The van der Waals surface area contributed by atoms with Gasteiger partial charge in [-0.2, -0.15) is 5.10 Å². The van der Waals surface area contributed by atoms with E-state index in [1.165, 1.54) is 25.3 Å². The smallest absolute Gasteiger partial charge is 0.255 e. The molecule has 0 saturated carbocycles. The molecule has 5 nitrogen and oxygen atoms in total. The highest BCUT2D eigenvalue weighted by molar-refractivity contribution is 6.05. The van der Waals surface area contributed by atoms with E-state index >= 15 is 0 Å². The van der Waals surface area contributed by atoms with Crippen LogP contribution in [0, 0.1) is 19.7 Å². The van der Waals surface area contributed by atoms with E-state index in [4.69, 9.17) is 4.74 Å². The Balaban J connectivity index is 1.81. The molecule has 3 rings (SSSR count). The van der Waals surface area contributed by atoms with Crippen molar-refractivity contribution in [3.63, 3.8) is 0 Å². The van der Waals surface area contributed by atoms with Gasteiger partial charge in [-0.05, 0) is 56.3 Å². The van der Waals surface area contributed by atoms with Gasteiger partial charge in [-0.25, -0.2) is 9.07 Å². The fraction of sp³-hybridized carbons (Fsp3) is 0.158. The zero-order chi connectivity index (χ0) is 18.0. The number of rotatable bonds is 4. The van der Waals surface area contributed by atoms with E-state index < -0.39 is 5.82 Å². The van der Waals surface area contributed by atoms with Gasteiger partial charge in [0.25, 0.3) is 5.91 Å². The quantitative estimate of drug-likeness (QED) is 0.784. The van der Waals surface area contributed by atoms with Gasteiger partial charge >= 0.3 is 0 Å². The summed E-state index contributed by atoms with van der Waals surface area (Å²) in [6, 6.07) is 13.0. The van der Waals surface area contributed by atoms with Gasteiger partial charge in [0.05, 0.1) is 24.2 Å². The van der Waals surface area contributed by atoms with Crippen LogP contribution in [0.4, 0.5) is 10.1 Å². The van der Waals surface area contributed by atoms with Gasteiger partial charge in [0.15, 0.2) is 0 Å². The molecule has 0 saturated heterocycles. The fourth-order valence-corrected chi connectivity index (χ4v) is 2.61. The van der Waals surface area contributed by atoms with E-state index in [1.807, 2.05) is 36.7 Å². The van der Waals surface area contributed by atoms with Crippen molar-refractivity contribution >= 4 is 11.6 Å². The summed E-state index contributed by atoms with van der Waals surface area (Å²) in [6.45, 7) is 3.91. The minimum absolute atomic E-state index is 0.271. The van der Waals surface area contributed by atoms with E-state index in [0.29, 0.717) is 11.3 Å². The minimum Gasteiger partial charge on any atom is -0.494 e. The average Bonchev–Trinajstić information content (AvgIpc) is 2.94. The van der Waals surface area contributed by atoms with Crippen LogP contribution in [-0.2, 0) is 0 Å². The number of ether oxygens (including phenoxy) is 1. The summed E-state index contributed by atoms with van der Waals surface area (Å²) in [5.74, 6) is -0.457. The van der Waals surface area contributed by atoms with Crippen molar-refractivity contribution < 1.29 is 13.9 Å². The highest BCUT2D eigenvalue weighted by Gasteiger charge is 2.11. The van der Waals surface area contributed by atoms with E-state index in [1.54, 1.807) is 12.1 Å². The summed E-state index contributed by atoms with van der Waals surface area (Å²) in [5.41, 5.74) is 3.73. The van der Waals surface area contributed by atoms with Crippen molar-refractivity contribution in [1.82, 2.24) is 9.78 Å². The minimum atomic E-state index is -0.427. The van der Waals surface area contributed by atoms with Crippen LogP contribution in [0.3, 0.4) is 0 Å². The summed E-state index contributed by atoms with van der Waals surface area (Å²) in [7, 11) is 1.42. The normalized spacial score (nSPS) is 10.6. The molecule has 0 spiro atoms. The Kier molecular flexibility index (Phi) is 4.52. The first-order valence-corrected chi connectivity index (χ1v) is 7.76. The number of carbonyl (C=O) groups excluding carboxylic acids is 1. The molecule has 0 aliphatic carbocycles. The molecular formula is C19H18FN3O2. The maximum absolute atomic E-state index is 13.2. The Morgan fingerprint density at radius 1 is 1.12 bits per heavy atom. The molecule has 0 bridgehead atoms. The lowest BCUT2D eigenvalue weighted by molar-refractivity contribution is 0.102. The topological polar surface area (TPSA) is 56.1 Å². The summed E-state index contributed by atoms with van der Waals surface area (Å²) in [4.78, 5) is 12.4. The SMILES string of the molecule is COc1cc(F)ccc1NC(=O)c1ccc(-n2nc(C)cc2C)cc1. The van der Waals surface area contributed by atoms with Gasteiger partial charge in [-0.3, -0.25) is 4.79 Å². The first-order valence-electron chi connectivity index (χ1n) is 7.76. The predicted octanol–water partition coefficient (Wildman–Crippen LogP) is 3.89. The summed E-state index contributed by atoms with van der Waals surface area (Å²) in [6.07, 6.45) is 0. The third-order valence-corrected chi connectivity index (χ3v) is 3.80. The molecule has 6 heteroatoms. The van der Waals surface area contributed by atoms with Gasteiger partial charge in [0, 0.05) is 17.3 Å². The molecule has 2 aromatic carbocycles. The Morgan fingerprint density at radius 3 is 2.44 bits per heavy atom. The summed E-state index contributed by atoms with van der Waals surface area (Å²) < 4.78 is 20.1. The van der Waals surface area contributed by atoms with Gasteiger partial charge in [0.1, 0.15) is 11.6 Å². The number of aromatic nitrogens is 2. The second-order valence-corrected chi connectivity index (χ2v) is 5.68. The maximum Gasteiger partial charge on any atom is 0.255 e. The largest absolute Gasteiger partial charge is 0.494 e. The summed E-state index contributed by atoms with van der Waals surface area (Å²) >= 11 is 0. The number of methoxy groups -OCH3 is 1. The molecule has 128 valence electrons. The number of amides is 1. The molecule has 1 N–H and O–H groups in total. The Hall–Kier alpha value is -3.15. The molecule has 1 amide bonds. The van der Waals surface area contributed by atoms with Crippen molar-refractivity contribution in [2.45, 2.75) is 13.8 Å². The molecule has 0 unspecified atom stereocenters. The number of aryl methyl sites for hydroxylation is 2. The van der Waals surface area contributed by atoms with Crippen molar-refractivity contribution in [3.8, 4) is 11.4 Å². The van der Waals surface area contributed by atoms with Gasteiger partial charge in [-0.15, -0.1) is 0 Å². The van der Waals surface area contributed by atoms with Crippen LogP contribution in [0.2, 0.25) is 0 Å². The van der Waals surface area contributed by atoms with Crippen LogP contribution in [0.15, 0.2) is 48.5 Å². The molecule has 0 atom stereocenters. The number of nitrogens with one attached hydrogen (secondary N) is 1.